The maximum Gasteiger partial charge on any atom is 0.251 e. The minimum Gasteiger partial charge on any atom is -0.352 e. The number of aryl methyl sites for hydroxylation is 1. The number of nitrogens with zero attached hydrogens (tertiary/aromatic N) is 3. The van der Waals surface area contributed by atoms with Gasteiger partial charge in [0.05, 0.1) is 29.0 Å². The zero-order valence-electron chi connectivity index (χ0n) is 12.8. The van der Waals surface area contributed by atoms with Crippen molar-refractivity contribution in [2.45, 2.75) is 6.42 Å². The molecule has 0 aliphatic rings. The third-order valence-electron chi connectivity index (χ3n) is 3.74. The Morgan fingerprint density at radius 1 is 1.30 bits per heavy atom. The molecule has 0 spiro atoms. The highest BCUT2D eigenvalue weighted by molar-refractivity contribution is 5.94. The van der Waals surface area contributed by atoms with Crippen LogP contribution in [0, 0.1) is 11.3 Å². The molecule has 114 valence electrons. The molecule has 0 atom stereocenters. The molecule has 1 N–H and O–H groups in total. The molecule has 0 unspecified atom stereocenters. The van der Waals surface area contributed by atoms with Crippen LogP contribution in [0.3, 0.4) is 0 Å². The topological polar surface area (TPSA) is 70.7 Å². The Morgan fingerprint density at radius 2 is 2.17 bits per heavy atom. The molecule has 0 bridgehead atoms. The van der Waals surface area contributed by atoms with E-state index in [1.165, 1.54) is 0 Å². The highest BCUT2D eigenvalue weighted by atomic mass is 16.1. The summed E-state index contributed by atoms with van der Waals surface area (Å²) in [5, 5.41) is 11.7. The molecule has 2 aromatic carbocycles. The minimum atomic E-state index is -0.166. The van der Waals surface area contributed by atoms with E-state index < -0.39 is 0 Å². The Hall–Kier alpha value is -3.13. The zero-order valence-corrected chi connectivity index (χ0v) is 12.8. The van der Waals surface area contributed by atoms with Gasteiger partial charge in [-0.2, -0.15) is 5.26 Å². The van der Waals surface area contributed by atoms with Gasteiger partial charge >= 0.3 is 0 Å². The second-order valence-corrected chi connectivity index (χ2v) is 5.38. The Bertz CT molecular complexity index is 905. The van der Waals surface area contributed by atoms with E-state index in [1.54, 1.807) is 30.6 Å². The molecule has 1 aromatic heterocycles. The molecule has 0 saturated carbocycles. The molecule has 5 nitrogen and oxygen atoms in total. The van der Waals surface area contributed by atoms with Gasteiger partial charge in [0.15, 0.2) is 0 Å². The molecule has 5 heteroatoms. The van der Waals surface area contributed by atoms with Crippen molar-refractivity contribution in [3.63, 3.8) is 0 Å². The number of hydrogen-bond donors (Lipinski definition) is 1. The third kappa shape index (κ3) is 3.22. The van der Waals surface area contributed by atoms with Crippen molar-refractivity contribution in [1.82, 2.24) is 14.9 Å². The van der Waals surface area contributed by atoms with Gasteiger partial charge in [-0.1, -0.05) is 12.1 Å². The fourth-order valence-electron chi connectivity index (χ4n) is 2.49. The van der Waals surface area contributed by atoms with Gasteiger partial charge in [0, 0.05) is 19.2 Å². The van der Waals surface area contributed by atoms with Crippen LogP contribution in [0.15, 0.2) is 48.8 Å². The van der Waals surface area contributed by atoms with E-state index in [0.29, 0.717) is 17.7 Å². The van der Waals surface area contributed by atoms with Crippen LogP contribution in [0.1, 0.15) is 21.5 Å². The normalized spacial score (nSPS) is 10.4. The van der Waals surface area contributed by atoms with E-state index >= 15 is 0 Å². The lowest BCUT2D eigenvalue weighted by Crippen LogP contribution is -2.25. The van der Waals surface area contributed by atoms with Crippen LogP contribution in [0.25, 0.3) is 11.0 Å². The molecule has 0 aliphatic carbocycles. The Morgan fingerprint density at radius 3 is 3.00 bits per heavy atom. The summed E-state index contributed by atoms with van der Waals surface area (Å²) in [7, 11) is 1.96. The SMILES string of the molecule is Cn1cnc2cc(CCNC(=O)c3cccc(C#N)c3)ccc21. The minimum absolute atomic E-state index is 0.166. The van der Waals surface area contributed by atoms with Crippen LogP contribution in [0.5, 0.6) is 0 Å². The predicted molar refractivity (Wildman–Crippen MR) is 87.9 cm³/mol. The predicted octanol–water partition coefficient (Wildman–Crippen LogP) is 2.42. The molecule has 1 amide bonds. The number of hydrogen-bond acceptors (Lipinski definition) is 3. The lowest BCUT2D eigenvalue weighted by atomic mass is 10.1. The summed E-state index contributed by atoms with van der Waals surface area (Å²) in [6.45, 7) is 0.536. The highest BCUT2D eigenvalue weighted by Gasteiger charge is 2.06. The number of benzene rings is 2. The molecule has 0 fully saturated rings. The van der Waals surface area contributed by atoms with E-state index in [-0.39, 0.29) is 5.91 Å². The monoisotopic (exact) mass is 304 g/mol. The van der Waals surface area contributed by atoms with Crippen LogP contribution >= 0.6 is 0 Å². The number of aromatic nitrogens is 2. The zero-order chi connectivity index (χ0) is 16.2. The van der Waals surface area contributed by atoms with Crippen LogP contribution in [-0.2, 0) is 13.5 Å². The second kappa shape index (κ2) is 6.32. The van der Waals surface area contributed by atoms with Crippen LogP contribution < -0.4 is 5.32 Å². The van der Waals surface area contributed by atoms with Crippen LogP contribution in [0.4, 0.5) is 0 Å². The van der Waals surface area contributed by atoms with Crippen molar-refractivity contribution in [3.05, 3.63) is 65.5 Å². The molecular weight excluding hydrogens is 288 g/mol. The quantitative estimate of drug-likeness (QED) is 0.804. The van der Waals surface area contributed by atoms with Crippen molar-refractivity contribution in [1.29, 1.82) is 5.26 Å². The number of fused-ring (bicyclic) bond motifs is 1. The molecule has 0 radical (unpaired) electrons. The second-order valence-electron chi connectivity index (χ2n) is 5.38. The van der Waals surface area contributed by atoms with Gasteiger partial charge in [-0.25, -0.2) is 4.98 Å². The van der Waals surface area contributed by atoms with Gasteiger partial charge in [0.2, 0.25) is 0 Å². The first-order valence-electron chi connectivity index (χ1n) is 7.36. The molecule has 3 rings (SSSR count). The van der Waals surface area contributed by atoms with Crippen molar-refractivity contribution in [3.8, 4) is 6.07 Å². The van der Waals surface area contributed by atoms with Crippen molar-refractivity contribution < 1.29 is 4.79 Å². The first-order chi connectivity index (χ1) is 11.2. The van der Waals surface area contributed by atoms with Gasteiger partial charge in [-0.3, -0.25) is 4.79 Å². The fourth-order valence-corrected chi connectivity index (χ4v) is 2.49. The van der Waals surface area contributed by atoms with E-state index in [0.717, 1.165) is 23.0 Å². The third-order valence-corrected chi connectivity index (χ3v) is 3.74. The molecule has 0 aliphatic heterocycles. The van der Waals surface area contributed by atoms with Crippen molar-refractivity contribution in [2.75, 3.05) is 6.54 Å². The number of imidazole rings is 1. The summed E-state index contributed by atoms with van der Waals surface area (Å²) in [5.74, 6) is -0.166. The van der Waals surface area contributed by atoms with Crippen LogP contribution in [0.2, 0.25) is 0 Å². The number of carbonyl (C=O) groups excluding carboxylic acids is 1. The standard InChI is InChI=1S/C18H16N4O/c1-22-12-21-16-10-13(5-6-17(16)22)7-8-20-18(23)15-4-2-3-14(9-15)11-19/h2-6,9-10,12H,7-8H2,1H3,(H,20,23). The van der Waals surface area contributed by atoms with Gasteiger partial charge in [-0.05, 0) is 42.3 Å². The first kappa shape index (κ1) is 14.8. The Balaban J connectivity index is 1.61. The van der Waals surface area contributed by atoms with Crippen LogP contribution in [-0.4, -0.2) is 22.0 Å². The highest BCUT2D eigenvalue weighted by Crippen LogP contribution is 2.14. The number of amides is 1. The summed E-state index contributed by atoms with van der Waals surface area (Å²) in [6.07, 6.45) is 2.52. The molecule has 23 heavy (non-hydrogen) atoms. The van der Waals surface area contributed by atoms with E-state index in [2.05, 4.69) is 10.3 Å². The fraction of sp³-hybridized carbons (Fsp3) is 0.167. The molecular formula is C18H16N4O. The largest absolute Gasteiger partial charge is 0.352 e. The smallest absolute Gasteiger partial charge is 0.251 e. The summed E-state index contributed by atoms with van der Waals surface area (Å²) in [5.41, 5.74) is 4.16. The summed E-state index contributed by atoms with van der Waals surface area (Å²) in [6, 6.07) is 14.8. The Labute approximate surface area is 134 Å². The van der Waals surface area contributed by atoms with E-state index in [4.69, 9.17) is 5.26 Å². The lowest BCUT2D eigenvalue weighted by Gasteiger charge is -2.06. The summed E-state index contributed by atoms with van der Waals surface area (Å²) in [4.78, 5) is 16.4. The maximum atomic E-state index is 12.1. The van der Waals surface area contributed by atoms with Crippen molar-refractivity contribution >= 4 is 16.9 Å². The lowest BCUT2D eigenvalue weighted by molar-refractivity contribution is 0.0954. The summed E-state index contributed by atoms with van der Waals surface area (Å²) < 4.78 is 1.98. The van der Waals surface area contributed by atoms with E-state index in [9.17, 15) is 4.79 Å². The average molecular weight is 304 g/mol. The van der Waals surface area contributed by atoms with E-state index in [1.807, 2.05) is 35.9 Å². The molecule has 3 aromatic rings. The first-order valence-corrected chi connectivity index (χ1v) is 7.36. The van der Waals surface area contributed by atoms with Gasteiger partial charge in [-0.15, -0.1) is 0 Å². The molecule has 0 saturated heterocycles. The number of rotatable bonds is 4. The van der Waals surface area contributed by atoms with Crippen molar-refractivity contribution in [2.24, 2.45) is 7.05 Å². The van der Waals surface area contributed by atoms with Gasteiger partial charge < -0.3 is 9.88 Å². The van der Waals surface area contributed by atoms with Gasteiger partial charge in [0.1, 0.15) is 0 Å². The average Bonchev–Trinajstić information content (AvgIpc) is 2.95. The maximum absolute atomic E-state index is 12.1. The number of nitrogens with one attached hydrogen (secondary N) is 1. The number of nitriles is 1. The molecule has 1 heterocycles. The number of carbonyl (C=O) groups is 1. The summed E-state index contributed by atoms with van der Waals surface area (Å²) >= 11 is 0. The Kier molecular flexibility index (Phi) is 4.07. The van der Waals surface area contributed by atoms with Gasteiger partial charge in [0.25, 0.3) is 5.91 Å².